The van der Waals surface area contributed by atoms with Gasteiger partial charge in [-0.3, -0.25) is 9.48 Å². The summed E-state index contributed by atoms with van der Waals surface area (Å²) in [6.45, 7) is 2.41. The molecule has 0 radical (unpaired) electrons. The van der Waals surface area contributed by atoms with Crippen LogP contribution in [0.25, 0.3) is 0 Å². The molecule has 0 aliphatic carbocycles. The highest BCUT2D eigenvalue weighted by Crippen LogP contribution is 2.33. The van der Waals surface area contributed by atoms with E-state index < -0.39 is 0 Å². The van der Waals surface area contributed by atoms with E-state index in [0.717, 1.165) is 17.7 Å². The first-order valence-corrected chi connectivity index (χ1v) is 7.67. The fourth-order valence-corrected chi connectivity index (χ4v) is 3.19. The smallest absolute Gasteiger partial charge is 0.261 e. The second-order valence-corrected chi connectivity index (χ2v) is 5.78. The number of nitrogens with zero attached hydrogens (tertiary/aromatic N) is 3. The zero-order valence-electron chi connectivity index (χ0n) is 12.8. The van der Waals surface area contributed by atoms with Gasteiger partial charge < -0.3 is 9.32 Å². The Hall–Kier alpha value is -2.82. The molecule has 0 spiro atoms. The van der Waals surface area contributed by atoms with Gasteiger partial charge in [0.15, 0.2) is 0 Å². The summed E-state index contributed by atoms with van der Waals surface area (Å²) < 4.78 is 7.23. The Morgan fingerprint density at radius 2 is 2.13 bits per heavy atom. The van der Waals surface area contributed by atoms with Crippen LogP contribution >= 0.6 is 0 Å². The molecule has 1 aliphatic heterocycles. The molecule has 1 aromatic carbocycles. The highest BCUT2D eigenvalue weighted by atomic mass is 16.3. The number of aryl methyl sites for hydroxylation is 1. The molecule has 1 aliphatic rings. The lowest BCUT2D eigenvalue weighted by Gasteiger charge is -2.34. The first-order chi connectivity index (χ1) is 11.2. The minimum absolute atomic E-state index is 0.0273. The van der Waals surface area contributed by atoms with Crippen molar-refractivity contribution in [3.8, 4) is 0 Å². The Morgan fingerprint density at radius 1 is 1.26 bits per heavy atom. The molecule has 23 heavy (non-hydrogen) atoms. The second kappa shape index (κ2) is 5.43. The third kappa shape index (κ3) is 2.34. The Balaban J connectivity index is 1.75. The molecule has 5 nitrogen and oxygen atoms in total. The standard InChI is InChI=1S/C18H17N3O2/c1-13-16(7-10-23-13)18(22)20-12-15(21-9-4-8-19-21)11-14-5-2-3-6-17(14)20/h2-10,15H,11-12H2,1H3. The summed E-state index contributed by atoms with van der Waals surface area (Å²) in [7, 11) is 0. The molecule has 0 fully saturated rings. The summed E-state index contributed by atoms with van der Waals surface area (Å²) in [6.07, 6.45) is 6.15. The number of anilines is 1. The summed E-state index contributed by atoms with van der Waals surface area (Å²) in [4.78, 5) is 14.8. The van der Waals surface area contributed by atoms with Crippen LogP contribution in [-0.2, 0) is 6.42 Å². The van der Waals surface area contributed by atoms with E-state index in [1.54, 1.807) is 18.5 Å². The van der Waals surface area contributed by atoms with Crippen LogP contribution in [0.3, 0.4) is 0 Å². The Morgan fingerprint density at radius 3 is 2.87 bits per heavy atom. The van der Waals surface area contributed by atoms with Crippen LogP contribution in [0.2, 0.25) is 0 Å². The van der Waals surface area contributed by atoms with E-state index in [4.69, 9.17) is 4.42 Å². The van der Waals surface area contributed by atoms with Crippen LogP contribution in [0.5, 0.6) is 0 Å². The minimum Gasteiger partial charge on any atom is -0.469 e. The normalized spacial score (nSPS) is 17.1. The molecule has 0 bridgehead atoms. The molecule has 1 unspecified atom stereocenters. The predicted octanol–water partition coefficient (Wildman–Crippen LogP) is 3.23. The minimum atomic E-state index is -0.0273. The van der Waals surface area contributed by atoms with Gasteiger partial charge in [0.2, 0.25) is 0 Å². The van der Waals surface area contributed by atoms with Crippen LogP contribution in [0.1, 0.15) is 27.7 Å². The number of hydrogen-bond donors (Lipinski definition) is 0. The van der Waals surface area contributed by atoms with Crippen molar-refractivity contribution in [3.63, 3.8) is 0 Å². The lowest BCUT2D eigenvalue weighted by atomic mass is 9.97. The van der Waals surface area contributed by atoms with Gasteiger partial charge in [-0.1, -0.05) is 18.2 Å². The maximum absolute atomic E-state index is 13.0. The molecule has 2 aromatic heterocycles. The molecule has 0 N–H and O–H groups in total. The molecular weight excluding hydrogens is 290 g/mol. The molecule has 3 aromatic rings. The van der Waals surface area contributed by atoms with E-state index in [1.165, 1.54) is 0 Å². The quantitative estimate of drug-likeness (QED) is 0.730. The van der Waals surface area contributed by atoms with Crippen molar-refractivity contribution in [2.24, 2.45) is 0 Å². The molecule has 3 heterocycles. The van der Waals surface area contributed by atoms with Gasteiger partial charge in [0.1, 0.15) is 5.76 Å². The number of hydrogen-bond acceptors (Lipinski definition) is 3. The number of benzene rings is 1. The monoisotopic (exact) mass is 307 g/mol. The number of aromatic nitrogens is 2. The van der Waals surface area contributed by atoms with E-state index in [0.29, 0.717) is 17.9 Å². The number of amides is 1. The van der Waals surface area contributed by atoms with Crippen molar-refractivity contribution in [1.82, 2.24) is 9.78 Å². The Labute approximate surface area is 134 Å². The van der Waals surface area contributed by atoms with Crippen LogP contribution in [0.4, 0.5) is 5.69 Å². The van der Waals surface area contributed by atoms with Gasteiger partial charge in [0.05, 0.1) is 17.9 Å². The van der Waals surface area contributed by atoms with Crippen molar-refractivity contribution < 1.29 is 9.21 Å². The maximum Gasteiger partial charge on any atom is 0.261 e. The maximum atomic E-state index is 13.0. The first-order valence-electron chi connectivity index (χ1n) is 7.67. The van der Waals surface area contributed by atoms with E-state index in [1.807, 2.05) is 47.0 Å². The van der Waals surface area contributed by atoms with Gasteiger partial charge in [0, 0.05) is 24.6 Å². The lowest BCUT2D eigenvalue weighted by molar-refractivity contribution is 0.0978. The third-order valence-electron chi connectivity index (χ3n) is 4.36. The molecular formula is C18H17N3O2. The third-order valence-corrected chi connectivity index (χ3v) is 4.36. The topological polar surface area (TPSA) is 51.3 Å². The first kappa shape index (κ1) is 13.8. The summed E-state index contributed by atoms with van der Waals surface area (Å²) in [6, 6.07) is 11.8. The summed E-state index contributed by atoms with van der Waals surface area (Å²) >= 11 is 0. The van der Waals surface area contributed by atoms with Gasteiger partial charge in [-0.2, -0.15) is 5.10 Å². The highest BCUT2D eigenvalue weighted by molar-refractivity contribution is 6.07. The highest BCUT2D eigenvalue weighted by Gasteiger charge is 2.31. The van der Waals surface area contributed by atoms with E-state index in [2.05, 4.69) is 11.2 Å². The van der Waals surface area contributed by atoms with Crippen molar-refractivity contribution in [3.05, 3.63) is 71.9 Å². The van der Waals surface area contributed by atoms with Crippen molar-refractivity contribution >= 4 is 11.6 Å². The Kier molecular flexibility index (Phi) is 3.26. The van der Waals surface area contributed by atoms with Crippen LogP contribution < -0.4 is 4.90 Å². The summed E-state index contributed by atoms with van der Waals surface area (Å²) in [5.74, 6) is 0.620. The average Bonchev–Trinajstić information content (AvgIpc) is 3.24. The SMILES string of the molecule is Cc1occc1C(=O)N1CC(n2cccn2)Cc2ccccc21. The number of para-hydroxylation sites is 1. The van der Waals surface area contributed by atoms with Crippen LogP contribution in [0, 0.1) is 6.92 Å². The van der Waals surface area contributed by atoms with Crippen molar-refractivity contribution in [2.45, 2.75) is 19.4 Å². The zero-order chi connectivity index (χ0) is 15.8. The van der Waals surface area contributed by atoms with Crippen LogP contribution in [-0.4, -0.2) is 22.2 Å². The number of carbonyl (C=O) groups excluding carboxylic acids is 1. The van der Waals surface area contributed by atoms with Gasteiger partial charge in [0.25, 0.3) is 5.91 Å². The van der Waals surface area contributed by atoms with Gasteiger partial charge >= 0.3 is 0 Å². The number of carbonyl (C=O) groups is 1. The van der Waals surface area contributed by atoms with Crippen molar-refractivity contribution in [1.29, 1.82) is 0 Å². The predicted molar refractivity (Wildman–Crippen MR) is 86.5 cm³/mol. The van der Waals surface area contributed by atoms with Gasteiger partial charge in [-0.05, 0) is 37.1 Å². The number of fused-ring (bicyclic) bond motifs is 1. The summed E-state index contributed by atoms with van der Waals surface area (Å²) in [5.41, 5.74) is 2.75. The number of furan rings is 1. The largest absolute Gasteiger partial charge is 0.469 e. The summed E-state index contributed by atoms with van der Waals surface area (Å²) in [5, 5.41) is 4.35. The molecule has 1 atom stereocenters. The van der Waals surface area contributed by atoms with E-state index >= 15 is 0 Å². The molecule has 0 saturated carbocycles. The molecule has 116 valence electrons. The van der Waals surface area contributed by atoms with E-state index in [9.17, 15) is 4.79 Å². The fraction of sp³-hybridized carbons (Fsp3) is 0.222. The number of rotatable bonds is 2. The zero-order valence-corrected chi connectivity index (χ0v) is 12.8. The molecule has 5 heteroatoms. The van der Waals surface area contributed by atoms with Gasteiger partial charge in [-0.25, -0.2) is 0 Å². The van der Waals surface area contributed by atoms with Crippen molar-refractivity contribution in [2.75, 3.05) is 11.4 Å². The lowest BCUT2D eigenvalue weighted by Crippen LogP contribution is -2.41. The van der Waals surface area contributed by atoms with E-state index in [-0.39, 0.29) is 11.9 Å². The van der Waals surface area contributed by atoms with Gasteiger partial charge in [-0.15, -0.1) is 0 Å². The second-order valence-electron chi connectivity index (χ2n) is 5.78. The fourth-order valence-electron chi connectivity index (χ4n) is 3.19. The molecule has 0 saturated heterocycles. The average molecular weight is 307 g/mol. The molecule has 4 rings (SSSR count). The molecule has 1 amide bonds. The van der Waals surface area contributed by atoms with Crippen LogP contribution in [0.15, 0.2) is 59.5 Å². The Bertz CT molecular complexity index is 836.